The van der Waals surface area contributed by atoms with E-state index in [0.29, 0.717) is 19.5 Å². The zero-order valence-electron chi connectivity index (χ0n) is 8.50. The molecule has 1 rings (SSSR count). The van der Waals surface area contributed by atoms with Crippen molar-refractivity contribution in [1.82, 2.24) is 10.2 Å². The molecule has 4 nitrogen and oxygen atoms in total. The third-order valence-electron chi connectivity index (χ3n) is 2.77. The van der Waals surface area contributed by atoms with Crippen LogP contribution in [0.4, 0.5) is 0 Å². The van der Waals surface area contributed by atoms with Crippen LogP contribution in [-0.2, 0) is 4.79 Å². The summed E-state index contributed by atoms with van der Waals surface area (Å²) >= 11 is 0. The number of carbonyl (C=O) groups is 1. The monoisotopic (exact) mass is 186 g/mol. The molecule has 4 heteroatoms. The molecule has 1 fully saturated rings. The molecular weight excluding hydrogens is 168 g/mol. The first kappa shape index (κ1) is 10.5. The Balaban J connectivity index is 2.66. The van der Waals surface area contributed by atoms with Crippen molar-refractivity contribution in [1.29, 1.82) is 0 Å². The minimum Gasteiger partial charge on any atom is -0.391 e. The average Bonchev–Trinajstić information content (AvgIpc) is 2.28. The minimum atomic E-state index is -0.409. The van der Waals surface area contributed by atoms with Gasteiger partial charge in [0.2, 0.25) is 5.91 Å². The summed E-state index contributed by atoms with van der Waals surface area (Å²) < 4.78 is 0. The predicted octanol–water partition coefficient (Wildman–Crippen LogP) is -0.422. The normalized spacial score (nSPS) is 26.5. The van der Waals surface area contributed by atoms with E-state index < -0.39 is 11.6 Å². The van der Waals surface area contributed by atoms with Crippen LogP contribution in [-0.4, -0.2) is 47.7 Å². The average molecular weight is 186 g/mol. The standard InChI is InChI=1S/C9H18N2O2/c1-9(2)7(12)4-5-11(9)8(13)6-10-3/h7,10,12H,4-6H2,1-3H3. The number of nitrogens with zero attached hydrogens (tertiary/aromatic N) is 1. The van der Waals surface area contributed by atoms with Crippen LogP contribution in [0.1, 0.15) is 20.3 Å². The lowest BCUT2D eigenvalue weighted by Gasteiger charge is -2.33. The van der Waals surface area contributed by atoms with E-state index in [1.807, 2.05) is 13.8 Å². The second-order valence-electron chi connectivity index (χ2n) is 4.03. The largest absolute Gasteiger partial charge is 0.391 e. The lowest BCUT2D eigenvalue weighted by Crippen LogP contribution is -2.50. The summed E-state index contributed by atoms with van der Waals surface area (Å²) in [5.41, 5.74) is -0.409. The first-order chi connectivity index (χ1) is 6.00. The third kappa shape index (κ3) is 1.84. The summed E-state index contributed by atoms with van der Waals surface area (Å²) in [6.45, 7) is 4.81. The Bertz CT molecular complexity index is 204. The summed E-state index contributed by atoms with van der Waals surface area (Å²) in [6.07, 6.45) is 0.288. The number of aliphatic hydroxyl groups excluding tert-OH is 1. The Morgan fingerprint density at radius 1 is 1.69 bits per heavy atom. The smallest absolute Gasteiger partial charge is 0.237 e. The lowest BCUT2D eigenvalue weighted by molar-refractivity contribution is -0.135. The van der Waals surface area contributed by atoms with E-state index in [0.717, 1.165) is 0 Å². The molecule has 0 aliphatic carbocycles. The summed E-state index contributed by atoms with van der Waals surface area (Å²) in [7, 11) is 1.75. The van der Waals surface area contributed by atoms with Crippen LogP contribution in [0, 0.1) is 0 Å². The fourth-order valence-corrected chi connectivity index (χ4v) is 1.77. The first-order valence-corrected chi connectivity index (χ1v) is 4.63. The molecule has 13 heavy (non-hydrogen) atoms. The summed E-state index contributed by atoms with van der Waals surface area (Å²) in [5, 5.41) is 12.5. The second-order valence-corrected chi connectivity index (χ2v) is 4.03. The van der Waals surface area contributed by atoms with Gasteiger partial charge in [-0.2, -0.15) is 0 Å². The van der Waals surface area contributed by atoms with Gasteiger partial charge in [-0.1, -0.05) is 0 Å². The number of likely N-dealkylation sites (tertiary alicyclic amines) is 1. The zero-order chi connectivity index (χ0) is 10.1. The molecule has 0 aromatic heterocycles. The van der Waals surface area contributed by atoms with Gasteiger partial charge in [-0.3, -0.25) is 4.79 Å². The van der Waals surface area contributed by atoms with E-state index in [1.54, 1.807) is 11.9 Å². The van der Waals surface area contributed by atoms with Crippen LogP contribution in [0.15, 0.2) is 0 Å². The molecular formula is C9H18N2O2. The quantitative estimate of drug-likeness (QED) is 0.615. The van der Waals surface area contributed by atoms with Gasteiger partial charge >= 0.3 is 0 Å². The van der Waals surface area contributed by atoms with Crippen molar-refractivity contribution in [2.45, 2.75) is 31.9 Å². The molecule has 0 aromatic rings. The fourth-order valence-electron chi connectivity index (χ4n) is 1.77. The van der Waals surface area contributed by atoms with E-state index in [4.69, 9.17) is 0 Å². The minimum absolute atomic E-state index is 0.0593. The van der Waals surface area contributed by atoms with Gasteiger partial charge in [-0.05, 0) is 27.3 Å². The van der Waals surface area contributed by atoms with E-state index in [-0.39, 0.29) is 5.91 Å². The van der Waals surface area contributed by atoms with Gasteiger partial charge in [0.15, 0.2) is 0 Å². The maximum atomic E-state index is 11.6. The number of hydrogen-bond acceptors (Lipinski definition) is 3. The number of likely N-dealkylation sites (N-methyl/N-ethyl adjacent to an activating group) is 1. The summed E-state index contributed by atoms with van der Waals surface area (Å²) in [4.78, 5) is 13.3. The van der Waals surface area contributed by atoms with Gasteiger partial charge in [0.05, 0.1) is 18.2 Å². The highest BCUT2D eigenvalue weighted by Crippen LogP contribution is 2.28. The highest BCUT2D eigenvalue weighted by molar-refractivity contribution is 5.79. The molecule has 1 atom stereocenters. The molecule has 1 saturated heterocycles. The number of hydrogen-bond donors (Lipinski definition) is 2. The molecule has 0 bridgehead atoms. The Labute approximate surface area is 78.9 Å². The lowest BCUT2D eigenvalue weighted by atomic mass is 9.99. The number of amides is 1. The van der Waals surface area contributed by atoms with Crippen molar-refractivity contribution in [2.75, 3.05) is 20.1 Å². The zero-order valence-corrected chi connectivity index (χ0v) is 8.50. The Morgan fingerprint density at radius 2 is 2.31 bits per heavy atom. The Morgan fingerprint density at radius 3 is 2.69 bits per heavy atom. The molecule has 0 radical (unpaired) electrons. The van der Waals surface area contributed by atoms with Crippen LogP contribution in [0.25, 0.3) is 0 Å². The molecule has 1 unspecified atom stereocenters. The second kappa shape index (κ2) is 3.64. The molecule has 1 aliphatic rings. The van der Waals surface area contributed by atoms with Crippen LogP contribution < -0.4 is 5.32 Å². The first-order valence-electron chi connectivity index (χ1n) is 4.63. The van der Waals surface area contributed by atoms with Crippen LogP contribution >= 0.6 is 0 Å². The van der Waals surface area contributed by atoms with E-state index in [2.05, 4.69) is 5.32 Å². The van der Waals surface area contributed by atoms with Crippen molar-refractivity contribution in [3.8, 4) is 0 Å². The summed E-state index contributed by atoms with van der Waals surface area (Å²) in [5.74, 6) is 0.0593. The van der Waals surface area contributed by atoms with Crippen molar-refractivity contribution >= 4 is 5.91 Å². The highest BCUT2D eigenvalue weighted by Gasteiger charge is 2.42. The van der Waals surface area contributed by atoms with Gasteiger partial charge in [0, 0.05) is 6.54 Å². The van der Waals surface area contributed by atoms with Crippen molar-refractivity contribution < 1.29 is 9.90 Å². The van der Waals surface area contributed by atoms with Gasteiger partial charge in [-0.25, -0.2) is 0 Å². The molecule has 2 N–H and O–H groups in total. The van der Waals surface area contributed by atoms with Crippen LogP contribution in [0.2, 0.25) is 0 Å². The van der Waals surface area contributed by atoms with Crippen molar-refractivity contribution in [2.24, 2.45) is 0 Å². The number of rotatable bonds is 2. The van der Waals surface area contributed by atoms with Crippen molar-refractivity contribution in [3.05, 3.63) is 0 Å². The predicted molar refractivity (Wildman–Crippen MR) is 50.3 cm³/mol. The molecule has 1 aliphatic heterocycles. The van der Waals surface area contributed by atoms with E-state index in [9.17, 15) is 9.90 Å². The van der Waals surface area contributed by atoms with Gasteiger partial charge in [0.25, 0.3) is 0 Å². The number of carbonyl (C=O) groups excluding carboxylic acids is 1. The molecule has 0 saturated carbocycles. The third-order valence-corrected chi connectivity index (χ3v) is 2.77. The molecule has 1 amide bonds. The maximum Gasteiger partial charge on any atom is 0.237 e. The van der Waals surface area contributed by atoms with Crippen LogP contribution in [0.3, 0.4) is 0 Å². The molecule has 1 heterocycles. The molecule has 0 aromatic carbocycles. The molecule has 0 spiro atoms. The Kier molecular flexibility index (Phi) is 2.93. The topological polar surface area (TPSA) is 52.6 Å². The molecule has 76 valence electrons. The van der Waals surface area contributed by atoms with Gasteiger partial charge in [0.1, 0.15) is 0 Å². The SMILES string of the molecule is CNCC(=O)N1CCC(O)C1(C)C. The van der Waals surface area contributed by atoms with E-state index in [1.165, 1.54) is 0 Å². The van der Waals surface area contributed by atoms with Gasteiger partial charge in [-0.15, -0.1) is 0 Å². The van der Waals surface area contributed by atoms with Gasteiger partial charge < -0.3 is 15.3 Å². The fraction of sp³-hybridized carbons (Fsp3) is 0.889. The van der Waals surface area contributed by atoms with Crippen molar-refractivity contribution in [3.63, 3.8) is 0 Å². The van der Waals surface area contributed by atoms with E-state index >= 15 is 0 Å². The van der Waals surface area contributed by atoms with Crippen LogP contribution in [0.5, 0.6) is 0 Å². The number of nitrogens with one attached hydrogen (secondary N) is 1. The maximum absolute atomic E-state index is 11.6. The highest BCUT2D eigenvalue weighted by atomic mass is 16.3. The Hall–Kier alpha value is -0.610. The summed E-state index contributed by atoms with van der Waals surface area (Å²) in [6, 6.07) is 0. The number of aliphatic hydroxyl groups is 1.